The molecule has 0 unspecified atom stereocenters. The largest absolute Gasteiger partial charge is 0.462 e. The highest BCUT2D eigenvalue weighted by molar-refractivity contribution is 5.30. The topological polar surface area (TPSA) is 64.3 Å². The number of hydrogen-bond donors (Lipinski definition) is 1. The maximum atomic E-state index is 5.46. The molecule has 1 rings (SSSR count). The first-order valence-corrected chi connectivity index (χ1v) is 5.19. The standard InChI is InChI=1S/C10H18N4O/c1-3-14(4-2)5-6-15-10-12-7-9(11)8-13-10/h7-8H,3-6,11H2,1-2H3. The van der Waals surface area contributed by atoms with Gasteiger partial charge in [0, 0.05) is 6.54 Å². The monoisotopic (exact) mass is 210 g/mol. The molecule has 15 heavy (non-hydrogen) atoms. The lowest BCUT2D eigenvalue weighted by atomic mass is 10.5. The third-order valence-electron chi connectivity index (χ3n) is 2.18. The molecular weight excluding hydrogens is 192 g/mol. The summed E-state index contributed by atoms with van der Waals surface area (Å²) in [5.41, 5.74) is 6.01. The Morgan fingerprint density at radius 3 is 2.40 bits per heavy atom. The van der Waals surface area contributed by atoms with Crippen molar-refractivity contribution in [2.24, 2.45) is 0 Å². The van der Waals surface area contributed by atoms with Crippen LogP contribution in [0.1, 0.15) is 13.8 Å². The van der Waals surface area contributed by atoms with Gasteiger partial charge in [-0.05, 0) is 13.1 Å². The summed E-state index contributed by atoms with van der Waals surface area (Å²) < 4.78 is 5.38. The van der Waals surface area contributed by atoms with E-state index in [1.807, 2.05) is 0 Å². The van der Waals surface area contributed by atoms with Crippen LogP contribution in [0.3, 0.4) is 0 Å². The quantitative estimate of drug-likeness (QED) is 0.751. The van der Waals surface area contributed by atoms with Gasteiger partial charge in [0.05, 0.1) is 18.1 Å². The highest BCUT2D eigenvalue weighted by Crippen LogP contribution is 2.02. The van der Waals surface area contributed by atoms with Gasteiger partial charge < -0.3 is 15.4 Å². The molecule has 0 atom stereocenters. The number of nitrogen functional groups attached to an aromatic ring is 1. The van der Waals surface area contributed by atoms with E-state index in [2.05, 4.69) is 28.7 Å². The second kappa shape index (κ2) is 6.19. The minimum absolute atomic E-state index is 0.386. The van der Waals surface area contributed by atoms with Gasteiger partial charge in [0.25, 0.3) is 0 Å². The Labute approximate surface area is 90.3 Å². The van der Waals surface area contributed by atoms with Crippen molar-refractivity contribution < 1.29 is 4.74 Å². The first kappa shape index (κ1) is 11.7. The SMILES string of the molecule is CCN(CC)CCOc1ncc(N)cn1. The van der Waals surface area contributed by atoms with Gasteiger partial charge in [-0.15, -0.1) is 0 Å². The predicted octanol–water partition coefficient (Wildman–Crippen LogP) is 0.779. The van der Waals surface area contributed by atoms with Gasteiger partial charge in [0.2, 0.25) is 0 Å². The second-order valence-electron chi connectivity index (χ2n) is 3.17. The summed E-state index contributed by atoms with van der Waals surface area (Å²) in [5.74, 6) is 0. The van der Waals surface area contributed by atoms with Crippen molar-refractivity contribution in [3.63, 3.8) is 0 Å². The summed E-state index contributed by atoms with van der Waals surface area (Å²) in [6.45, 7) is 7.81. The Hall–Kier alpha value is -1.36. The Bertz CT molecular complexity index is 271. The lowest BCUT2D eigenvalue weighted by Gasteiger charge is -2.17. The molecule has 0 amide bonds. The first-order chi connectivity index (χ1) is 7.26. The molecule has 0 saturated carbocycles. The Kier molecular flexibility index (Phi) is 4.83. The minimum Gasteiger partial charge on any atom is -0.462 e. The van der Waals surface area contributed by atoms with E-state index in [4.69, 9.17) is 10.5 Å². The van der Waals surface area contributed by atoms with Crippen LogP contribution in [0.25, 0.3) is 0 Å². The number of nitrogens with two attached hydrogens (primary N) is 1. The highest BCUT2D eigenvalue weighted by Gasteiger charge is 2.00. The minimum atomic E-state index is 0.386. The average Bonchev–Trinajstić information content (AvgIpc) is 2.27. The summed E-state index contributed by atoms with van der Waals surface area (Å²) in [6, 6.07) is 0.386. The average molecular weight is 210 g/mol. The molecule has 1 aromatic rings. The van der Waals surface area contributed by atoms with E-state index in [1.165, 1.54) is 0 Å². The zero-order chi connectivity index (χ0) is 11.1. The van der Waals surface area contributed by atoms with E-state index in [0.717, 1.165) is 19.6 Å². The fraction of sp³-hybridized carbons (Fsp3) is 0.600. The third-order valence-corrected chi connectivity index (χ3v) is 2.18. The van der Waals surface area contributed by atoms with Gasteiger partial charge >= 0.3 is 6.01 Å². The van der Waals surface area contributed by atoms with Crippen molar-refractivity contribution in [2.75, 3.05) is 32.0 Å². The molecule has 0 aliphatic carbocycles. The molecular formula is C10H18N4O. The molecule has 0 spiro atoms. The van der Waals surface area contributed by atoms with Gasteiger partial charge in [-0.3, -0.25) is 0 Å². The number of nitrogens with zero attached hydrogens (tertiary/aromatic N) is 3. The molecule has 0 aliphatic rings. The first-order valence-electron chi connectivity index (χ1n) is 5.19. The lowest BCUT2D eigenvalue weighted by molar-refractivity contribution is 0.212. The molecule has 84 valence electrons. The Morgan fingerprint density at radius 2 is 1.87 bits per heavy atom. The van der Waals surface area contributed by atoms with Crippen LogP contribution in [0.15, 0.2) is 12.4 Å². The van der Waals surface area contributed by atoms with Crippen molar-refractivity contribution in [3.8, 4) is 6.01 Å². The molecule has 0 aliphatic heterocycles. The maximum Gasteiger partial charge on any atom is 0.316 e. The van der Waals surface area contributed by atoms with Gasteiger partial charge in [-0.1, -0.05) is 13.8 Å². The smallest absolute Gasteiger partial charge is 0.316 e. The van der Waals surface area contributed by atoms with E-state index in [1.54, 1.807) is 12.4 Å². The van der Waals surface area contributed by atoms with E-state index in [0.29, 0.717) is 18.3 Å². The summed E-state index contributed by atoms with van der Waals surface area (Å²) >= 11 is 0. The molecule has 1 heterocycles. The lowest BCUT2D eigenvalue weighted by Crippen LogP contribution is -2.28. The molecule has 0 fully saturated rings. The van der Waals surface area contributed by atoms with Crippen molar-refractivity contribution in [1.82, 2.24) is 14.9 Å². The van der Waals surface area contributed by atoms with Gasteiger partial charge in [0.15, 0.2) is 0 Å². The number of ether oxygens (including phenoxy) is 1. The van der Waals surface area contributed by atoms with Crippen LogP contribution < -0.4 is 10.5 Å². The summed E-state index contributed by atoms with van der Waals surface area (Å²) in [7, 11) is 0. The molecule has 1 aromatic heterocycles. The normalized spacial score (nSPS) is 10.6. The van der Waals surface area contributed by atoms with Crippen LogP contribution in [-0.4, -0.2) is 41.1 Å². The van der Waals surface area contributed by atoms with Crippen LogP contribution in [0.4, 0.5) is 5.69 Å². The molecule has 0 saturated heterocycles. The summed E-state index contributed by atoms with van der Waals surface area (Å²) in [4.78, 5) is 10.2. The van der Waals surface area contributed by atoms with Crippen molar-refractivity contribution in [3.05, 3.63) is 12.4 Å². The van der Waals surface area contributed by atoms with Crippen LogP contribution in [0.2, 0.25) is 0 Å². The number of likely N-dealkylation sites (N-methyl/N-ethyl adjacent to an activating group) is 1. The predicted molar refractivity (Wildman–Crippen MR) is 59.7 cm³/mol. The molecule has 5 nitrogen and oxygen atoms in total. The fourth-order valence-corrected chi connectivity index (χ4v) is 1.21. The van der Waals surface area contributed by atoms with Crippen molar-refractivity contribution in [2.45, 2.75) is 13.8 Å². The maximum absolute atomic E-state index is 5.46. The van der Waals surface area contributed by atoms with Crippen LogP contribution in [-0.2, 0) is 0 Å². The van der Waals surface area contributed by atoms with E-state index < -0.39 is 0 Å². The summed E-state index contributed by atoms with van der Waals surface area (Å²) in [6.07, 6.45) is 3.08. The van der Waals surface area contributed by atoms with Crippen LogP contribution >= 0.6 is 0 Å². The van der Waals surface area contributed by atoms with Crippen molar-refractivity contribution >= 4 is 5.69 Å². The van der Waals surface area contributed by atoms with Gasteiger partial charge in [0.1, 0.15) is 6.61 Å². The number of hydrogen-bond acceptors (Lipinski definition) is 5. The number of anilines is 1. The molecule has 2 N–H and O–H groups in total. The fourth-order valence-electron chi connectivity index (χ4n) is 1.21. The number of aromatic nitrogens is 2. The van der Waals surface area contributed by atoms with Crippen molar-refractivity contribution in [1.29, 1.82) is 0 Å². The molecule has 0 aromatic carbocycles. The second-order valence-corrected chi connectivity index (χ2v) is 3.17. The molecule has 5 heteroatoms. The van der Waals surface area contributed by atoms with Gasteiger partial charge in [-0.2, -0.15) is 0 Å². The highest BCUT2D eigenvalue weighted by atomic mass is 16.5. The Balaban J connectivity index is 2.28. The number of rotatable bonds is 6. The summed E-state index contributed by atoms with van der Waals surface area (Å²) in [5, 5.41) is 0. The Morgan fingerprint density at radius 1 is 1.27 bits per heavy atom. The van der Waals surface area contributed by atoms with E-state index in [9.17, 15) is 0 Å². The third kappa shape index (κ3) is 4.12. The van der Waals surface area contributed by atoms with Gasteiger partial charge in [-0.25, -0.2) is 9.97 Å². The van der Waals surface area contributed by atoms with Crippen LogP contribution in [0.5, 0.6) is 6.01 Å². The van der Waals surface area contributed by atoms with E-state index >= 15 is 0 Å². The molecule has 0 bridgehead atoms. The zero-order valence-corrected chi connectivity index (χ0v) is 9.31. The van der Waals surface area contributed by atoms with E-state index in [-0.39, 0.29) is 0 Å². The molecule has 0 radical (unpaired) electrons. The van der Waals surface area contributed by atoms with Crippen LogP contribution in [0, 0.1) is 0 Å². The zero-order valence-electron chi connectivity index (χ0n) is 9.31.